The van der Waals surface area contributed by atoms with E-state index >= 15 is 0 Å². The second-order valence-corrected chi connectivity index (χ2v) is 5.81. The van der Waals surface area contributed by atoms with Crippen molar-refractivity contribution in [2.24, 2.45) is 0 Å². The Morgan fingerprint density at radius 3 is 2.62 bits per heavy atom. The molecule has 1 amide bonds. The highest BCUT2D eigenvalue weighted by Crippen LogP contribution is 2.21. The molecule has 6 heteroatoms. The molecule has 0 saturated carbocycles. The summed E-state index contributed by atoms with van der Waals surface area (Å²) in [7, 11) is 1.86. The largest absolute Gasteiger partial charge is 0.395 e. The van der Waals surface area contributed by atoms with Crippen LogP contribution in [0, 0.1) is 0 Å². The van der Waals surface area contributed by atoms with E-state index in [1.165, 1.54) is 6.42 Å². The fourth-order valence-electron chi connectivity index (χ4n) is 3.00. The van der Waals surface area contributed by atoms with E-state index < -0.39 is 0 Å². The fourth-order valence-corrected chi connectivity index (χ4v) is 3.00. The molecule has 0 aliphatic carbocycles. The summed E-state index contributed by atoms with van der Waals surface area (Å²) in [5.41, 5.74) is 7.70. The van der Waals surface area contributed by atoms with Gasteiger partial charge >= 0.3 is 0 Å². The first-order chi connectivity index (χ1) is 10.1. The highest BCUT2D eigenvalue weighted by molar-refractivity contribution is 5.97. The van der Waals surface area contributed by atoms with Crippen molar-refractivity contribution in [1.82, 2.24) is 20.0 Å². The number of nitrogens with one attached hydrogen (secondary N) is 1. The number of aromatic nitrogens is 2. The van der Waals surface area contributed by atoms with Crippen LogP contribution in [0.5, 0.6) is 0 Å². The number of nitrogen functional groups attached to an aromatic ring is 1. The fraction of sp³-hybridized carbons (Fsp3) is 0.733. The van der Waals surface area contributed by atoms with Gasteiger partial charge in [-0.15, -0.1) is 0 Å². The number of carbonyl (C=O) groups is 1. The molecule has 0 bridgehead atoms. The lowest BCUT2D eigenvalue weighted by molar-refractivity contribution is 0.0638. The maximum Gasteiger partial charge on any atom is 0.276 e. The second kappa shape index (κ2) is 6.93. The van der Waals surface area contributed by atoms with Gasteiger partial charge in [0.05, 0.1) is 11.4 Å². The molecule has 1 aromatic rings. The van der Waals surface area contributed by atoms with Gasteiger partial charge in [0, 0.05) is 26.2 Å². The summed E-state index contributed by atoms with van der Waals surface area (Å²) in [5, 5.41) is 6.95. The number of rotatable bonds is 5. The maximum atomic E-state index is 12.6. The van der Waals surface area contributed by atoms with Crippen LogP contribution < -0.4 is 5.73 Å². The van der Waals surface area contributed by atoms with Gasteiger partial charge in [-0.25, -0.2) is 0 Å². The van der Waals surface area contributed by atoms with Crippen molar-refractivity contribution in [3.05, 3.63) is 11.4 Å². The molecule has 3 N–H and O–H groups in total. The molecule has 0 unspecified atom stereocenters. The quantitative estimate of drug-likeness (QED) is 0.862. The summed E-state index contributed by atoms with van der Waals surface area (Å²) in [4.78, 5) is 16.8. The average molecular weight is 293 g/mol. The van der Waals surface area contributed by atoms with Gasteiger partial charge in [0.15, 0.2) is 5.69 Å². The average Bonchev–Trinajstić information content (AvgIpc) is 2.88. The van der Waals surface area contributed by atoms with Crippen LogP contribution in [0.1, 0.15) is 49.3 Å². The summed E-state index contributed by atoms with van der Waals surface area (Å²) in [5.74, 6) is -0.0719. The van der Waals surface area contributed by atoms with E-state index in [2.05, 4.69) is 22.0 Å². The first kappa shape index (κ1) is 15.8. The minimum Gasteiger partial charge on any atom is -0.395 e. The lowest BCUT2D eigenvalue weighted by atomic mass is 10.0. The molecular weight excluding hydrogens is 266 g/mol. The van der Waals surface area contributed by atoms with Gasteiger partial charge in [0.2, 0.25) is 0 Å². The Labute approximate surface area is 126 Å². The Hall–Kier alpha value is -1.56. The number of likely N-dealkylation sites (tertiary alicyclic amines) is 1. The van der Waals surface area contributed by atoms with Crippen LogP contribution in [0.25, 0.3) is 0 Å². The molecule has 118 valence electrons. The summed E-state index contributed by atoms with van der Waals surface area (Å²) in [6.45, 7) is 7.47. The summed E-state index contributed by atoms with van der Waals surface area (Å²) in [6.07, 6.45) is 3.98. The van der Waals surface area contributed by atoms with Gasteiger partial charge in [-0.2, -0.15) is 5.10 Å². The third-order valence-corrected chi connectivity index (χ3v) is 4.40. The number of aryl methyl sites for hydroxylation is 1. The minimum atomic E-state index is -0.0719. The number of nitrogens with zero attached hydrogens (tertiary/aromatic N) is 3. The molecular formula is C15H27N5O. The summed E-state index contributed by atoms with van der Waals surface area (Å²) >= 11 is 0. The number of hydrogen-bond donors (Lipinski definition) is 2. The van der Waals surface area contributed by atoms with Gasteiger partial charge in [-0.3, -0.25) is 9.89 Å². The third kappa shape index (κ3) is 3.37. The normalized spacial score (nSPS) is 17.1. The summed E-state index contributed by atoms with van der Waals surface area (Å²) in [6, 6.07) is 0.284. The molecule has 1 fully saturated rings. The van der Waals surface area contributed by atoms with E-state index in [9.17, 15) is 4.79 Å². The van der Waals surface area contributed by atoms with E-state index in [1.54, 1.807) is 0 Å². The monoisotopic (exact) mass is 293 g/mol. The zero-order chi connectivity index (χ0) is 15.4. The van der Waals surface area contributed by atoms with Gasteiger partial charge < -0.3 is 15.5 Å². The predicted octanol–water partition coefficient (Wildman–Crippen LogP) is 1.50. The number of amides is 1. The molecule has 1 aliphatic heterocycles. The number of H-pyrrole nitrogens is 1. The van der Waals surface area contributed by atoms with Crippen LogP contribution in [-0.4, -0.2) is 58.6 Å². The van der Waals surface area contributed by atoms with E-state index in [0.29, 0.717) is 11.4 Å². The van der Waals surface area contributed by atoms with Crippen molar-refractivity contribution < 1.29 is 4.79 Å². The van der Waals surface area contributed by atoms with Crippen molar-refractivity contribution in [2.75, 3.05) is 32.4 Å². The van der Waals surface area contributed by atoms with E-state index in [0.717, 1.165) is 44.6 Å². The van der Waals surface area contributed by atoms with Crippen molar-refractivity contribution in [2.45, 2.75) is 45.6 Å². The number of aromatic amines is 1. The first-order valence-electron chi connectivity index (χ1n) is 7.90. The van der Waals surface area contributed by atoms with Crippen LogP contribution in [0.4, 0.5) is 5.69 Å². The Morgan fingerprint density at radius 2 is 2.10 bits per heavy atom. The Balaban J connectivity index is 1.98. The lowest BCUT2D eigenvalue weighted by Crippen LogP contribution is -2.45. The molecule has 0 radical (unpaired) electrons. The van der Waals surface area contributed by atoms with Crippen molar-refractivity contribution >= 4 is 11.6 Å². The first-order valence-corrected chi connectivity index (χ1v) is 7.90. The van der Waals surface area contributed by atoms with Gasteiger partial charge in [0.1, 0.15) is 0 Å². The molecule has 21 heavy (non-hydrogen) atoms. The van der Waals surface area contributed by atoms with Gasteiger partial charge in [-0.1, -0.05) is 13.8 Å². The van der Waals surface area contributed by atoms with Crippen LogP contribution in [-0.2, 0) is 6.42 Å². The molecule has 1 saturated heterocycles. The molecule has 0 aromatic carbocycles. The highest BCUT2D eigenvalue weighted by Gasteiger charge is 2.28. The van der Waals surface area contributed by atoms with Crippen LogP contribution in [0.2, 0.25) is 0 Å². The van der Waals surface area contributed by atoms with E-state index in [-0.39, 0.29) is 11.9 Å². The Kier molecular flexibility index (Phi) is 5.22. The molecule has 2 rings (SSSR count). The SMILES string of the molecule is CCCN1CCC(N(C)C(=O)c2n[nH]c(CC)c2N)CC1. The lowest BCUT2D eigenvalue weighted by Gasteiger charge is -2.36. The van der Waals surface area contributed by atoms with Gasteiger partial charge in [0.25, 0.3) is 5.91 Å². The van der Waals surface area contributed by atoms with Crippen LogP contribution >= 0.6 is 0 Å². The van der Waals surface area contributed by atoms with Crippen molar-refractivity contribution in [1.29, 1.82) is 0 Å². The highest BCUT2D eigenvalue weighted by atomic mass is 16.2. The summed E-state index contributed by atoms with van der Waals surface area (Å²) < 4.78 is 0. The van der Waals surface area contributed by atoms with Crippen molar-refractivity contribution in [3.63, 3.8) is 0 Å². The standard InChI is InChI=1S/C15H27N5O/c1-4-8-20-9-6-11(7-10-20)19(3)15(21)14-13(16)12(5-2)17-18-14/h11H,4-10,16H2,1-3H3,(H,17,18). The molecule has 6 nitrogen and oxygen atoms in total. The Bertz CT molecular complexity index is 476. The third-order valence-electron chi connectivity index (χ3n) is 4.40. The number of anilines is 1. The predicted molar refractivity (Wildman–Crippen MR) is 84.2 cm³/mol. The minimum absolute atomic E-state index is 0.0719. The van der Waals surface area contributed by atoms with Gasteiger partial charge in [-0.05, 0) is 32.2 Å². The molecule has 2 heterocycles. The van der Waals surface area contributed by atoms with Crippen LogP contribution in [0.3, 0.4) is 0 Å². The van der Waals surface area contributed by atoms with Crippen LogP contribution in [0.15, 0.2) is 0 Å². The molecule has 1 aromatic heterocycles. The number of carbonyl (C=O) groups excluding carboxylic acids is 1. The zero-order valence-corrected chi connectivity index (χ0v) is 13.4. The smallest absolute Gasteiger partial charge is 0.276 e. The number of nitrogens with two attached hydrogens (primary N) is 1. The molecule has 0 spiro atoms. The van der Waals surface area contributed by atoms with Crippen molar-refractivity contribution in [3.8, 4) is 0 Å². The topological polar surface area (TPSA) is 78.2 Å². The molecule has 1 aliphatic rings. The molecule has 0 atom stereocenters. The number of hydrogen-bond acceptors (Lipinski definition) is 4. The van der Waals surface area contributed by atoms with E-state index in [4.69, 9.17) is 5.73 Å². The Morgan fingerprint density at radius 1 is 1.43 bits per heavy atom. The second-order valence-electron chi connectivity index (χ2n) is 5.81. The maximum absolute atomic E-state index is 12.6. The number of piperidine rings is 1. The van der Waals surface area contributed by atoms with E-state index in [1.807, 2.05) is 18.9 Å². The zero-order valence-electron chi connectivity index (χ0n) is 13.4.